The van der Waals surface area contributed by atoms with Crippen molar-refractivity contribution in [2.45, 2.75) is 43.5 Å². The summed E-state index contributed by atoms with van der Waals surface area (Å²) < 4.78 is 12.7. The number of nitrogens with one attached hydrogen (secondary N) is 1. The molecule has 6 N–H and O–H groups in total. The Labute approximate surface area is 178 Å². The highest BCUT2D eigenvalue weighted by Crippen LogP contribution is 2.40. The summed E-state index contributed by atoms with van der Waals surface area (Å²) in [5.74, 6) is -1.57. The summed E-state index contributed by atoms with van der Waals surface area (Å²) in [6.07, 6.45) is -2.46. The summed E-state index contributed by atoms with van der Waals surface area (Å²) in [6, 6.07) is 0. The predicted molar refractivity (Wildman–Crippen MR) is 100 cm³/mol. The van der Waals surface area contributed by atoms with E-state index in [1.807, 2.05) is 0 Å². The Balaban J connectivity index is 1.61. The fraction of sp³-hybridized carbons (Fsp3) is 0.533. The van der Waals surface area contributed by atoms with Crippen LogP contribution in [0.15, 0.2) is 6.33 Å². The molecule has 16 heteroatoms. The second-order valence-corrected chi connectivity index (χ2v) is 7.62. The lowest BCUT2D eigenvalue weighted by atomic mass is 9.96. The highest BCUT2D eigenvalue weighted by molar-refractivity contribution is 6.28. The van der Waals surface area contributed by atoms with Gasteiger partial charge in [0.05, 0.1) is 12.9 Å². The van der Waals surface area contributed by atoms with Crippen LogP contribution in [-0.2, 0) is 19.9 Å². The van der Waals surface area contributed by atoms with Crippen LogP contribution in [0.4, 0.5) is 5.82 Å². The lowest BCUT2D eigenvalue weighted by molar-refractivity contribution is -0.174. The molecule has 4 rings (SSSR count). The lowest BCUT2D eigenvalue weighted by Gasteiger charge is -2.27. The molecular weight excluding hydrogens is 438 g/mol. The topological polar surface area (TPSA) is 220 Å². The van der Waals surface area contributed by atoms with Crippen molar-refractivity contribution in [1.29, 1.82) is 0 Å². The highest BCUT2D eigenvalue weighted by Gasteiger charge is 2.54. The number of fused-ring (bicyclic) bond motifs is 1. The molecule has 0 saturated carbocycles. The maximum Gasteiger partial charge on any atom is 0.343 e. The number of tetrazole rings is 1. The molecule has 31 heavy (non-hydrogen) atoms. The van der Waals surface area contributed by atoms with E-state index in [1.165, 1.54) is 24.7 Å². The number of imidazole rings is 1. The molecule has 3 aromatic heterocycles. The number of aliphatic carboxylic acids is 1. The number of hydrogen-bond donors (Lipinski definition) is 5. The first-order valence-corrected chi connectivity index (χ1v) is 9.26. The van der Waals surface area contributed by atoms with E-state index in [4.69, 9.17) is 26.8 Å². The number of hydrogen-bond acceptors (Lipinski definition) is 12. The number of aliphatic hydroxyl groups is 2. The van der Waals surface area contributed by atoms with E-state index in [1.54, 1.807) is 0 Å². The number of carboxylic acids is 1. The van der Waals surface area contributed by atoms with Gasteiger partial charge in [0.2, 0.25) is 16.7 Å². The summed E-state index contributed by atoms with van der Waals surface area (Å²) in [5, 5.41) is 43.8. The van der Waals surface area contributed by atoms with Crippen LogP contribution >= 0.6 is 11.6 Å². The first-order chi connectivity index (χ1) is 14.6. The fourth-order valence-electron chi connectivity index (χ4n) is 3.29. The molecule has 0 aromatic carbocycles. The molecule has 0 bridgehead atoms. The predicted octanol–water partition coefficient (Wildman–Crippen LogP) is -1.40. The van der Waals surface area contributed by atoms with Crippen LogP contribution in [-0.4, -0.2) is 85.8 Å². The highest BCUT2D eigenvalue weighted by atomic mass is 35.5. The third-order valence-electron chi connectivity index (χ3n) is 5.14. The molecular formula is C15H18ClN9O6. The molecule has 0 aliphatic carbocycles. The minimum absolute atomic E-state index is 0.0316. The van der Waals surface area contributed by atoms with Crippen LogP contribution in [0, 0.1) is 0 Å². The average molecular weight is 456 g/mol. The van der Waals surface area contributed by atoms with Gasteiger partial charge in [-0.15, -0.1) is 10.2 Å². The monoisotopic (exact) mass is 455 g/mol. The van der Waals surface area contributed by atoms with E-state index in [2.05, 4.69) is 35.6 Å². The van der Waals surface area contributed by atoms with Gasteiger partial charge < -0.3 is 30.5 Å². The Morgan fingerprint density at radius 1 is 1.52 bits per heavy atom. The van der Waals surface area contributed by atoms with Crippen molar-refractivity contribution in [2.24, 2.45) is 0 Å². The zero-order valence-corrected chi connectivity index (χ0v) is 16.9. The molecule has 3 aromatic rings. The SMILES string of the molecule is CC(OC[C@H]1O[C@@H](n2cnc3c(N)nc(Cl)nc32)[C@](C)(O)[C@@H]1O)(C(=O)O)c1nn[nH]n1. The number of carboxylic acid groups (broad SMARTS) is 1. The Hall–Kier alpha value is -2.98. The first-order valence-electron chi connectivity index (χ1n) is 8.88. The smallest absolute Gasteiger partial charge is 0.343 e. The Bertz CT molecular complexity index is 1120. The largest absolute Gasteiger partial charge is 0.479 e. The summed E-state index contributed by atoms with van der Waals surface area (Å²) in [6.45, 7) is 2.15. The molecule has 1 unspecified atom stereocenters. The molecule has 15 nitrogen and oxygen atoms in total. The number of nitrogen functional groups attached to an aromatic ring is 1. The van der Waals surface area contributed by atoms with Gasteiger partial charge in [-0.05, 0) is 25.4 Å². The van der Waals surface area contributed by atoms with Gasteiger partial charge in [0.15, 0.2) is 17.7 Å². The van der Waals surface area contributed by atoms with E-state index in [9.17, 15) is 20.1 Å². The van der Waals surface area contributed by atoms with Crippen LogP contribution in [0.2, 0.25) is 5.28 Å². The second kappa shape index (κ2) is 7.31. The van der Waals surface area contributed by atoms with Crippen molar-refractivity contribution in [1.82, 2.24) is 40.1 Å². The minimum Gasteiger partial charge on any atom is -0.479 e. The van der Waals surface area contributed by atoms with Gasteiger partial charge in [-0.1, -0.05) is 5.21 Å². The first kappa shape index (κ1) is 21.3. The van der Waals surface area contributed by atoms with Crippen molar-refractivity contribution in [3.05, 3.63) is 17.4 Å². The van der Waals surface area contributed by atoms with Crippen LogP contribution in [0.5, 0.6) is 0 Å². The fourth-order valence-corrected chi connectivity index (χ4v) is 3.47. The number of halogens is 1. The number of rotatable bonds is 6. The van der Waals surface area contributed by atoms with Crippen LogP contribution in [0.1, 0.15) is 25.9 Å². The van der Waals surface area contributed by atoms with Gasteiger partial charge >= 0.3 is 5.97 Å². The van der Waals surface area contributed by atoms with E-state index in [-0.39, 0.29) is 28.1 Å². The van der Waals surface area contributed by atoms with Crippen molar-refractivity contribution < 1.29 is 29.6 Å². The zero-order valence-electron chi connectivity index (χ0n) is 16.2. The number of carbonyl (C=O) groups is 1. The Morgan fingerprint density at radius 2 is 2.26 bits per heavy atom. The molecule has 1 fully saturated rings. The van der Waals surface area contributed by atoms with E-state index >= 15 is 0 Å². The number of nitrogens with zero attached hydrogens (tertiary/aromatic N) is 7. The number of aromatic amines is 1. The molecule has 5 atom stereocenters. The van der Waals surface area contributed by atoms with E-state index < -0.39 is 42.2 Å². The zero-order chi connectivity index (χ0) is 22.6. The lowest BCUT2D eigenvalue weighted by Crippen LogP contribution is -2.46. The Kier molecular flexibility index (Phi) is 5.01. The third kappa shape index (κ3) is 3.35. The van der Waals surface area contributed by atoms with Crippen molar-refractivity contribution >= 4 is 34.6 Å². The van der Waals surface area contributed by atoms with Gasteiger partial charge in [0, 0.05) is 0 Å². The molecule has 0 radical (unpaired) electrons. The number of aromatic nitrogens is 8. The number of ether oxygens (including phenoxy) is 2. The van der Waals surface area contributed by atoms with Crippen molar-refractivity contribution in [2.75, 3.05) is 12.3 Å². The van der Waals surface area contributed by atoms with E-state index in [0.29, 0.717) is 0 Å². The summed E-state index contributed by atoms with van der Waals surface area (Å²) in [7, 11) is 0. The summed E-state index contributed by atoms with van der Waals surface area (Å²) in [5.41, 5.74) is 2.40. The Morgan fingerprint density at radius 3 is 2.90 bits per heavy atom. The summed E-state index contributed by atoms with van der Waals surface area (Å²) >= 11 is 5.88. The minimum atomic E-state index is -1.98. The van der Waals surface area contributed by atoms with Crippen LogP contribution < -0.4 is 5.73 Å². The number of aliphatic hydroxyl groups excluding tert-OH is 1. The molecule has 1 aliphatic rings. The van der Waals surface area contributed by atoms with Crippen LogP contribution in [0.3, 0.4) is 0 Å². The normalized spacial score (nSPS) is 28.1. The van der Waals surface area contributed by atoms with Gasteiger partial charge in [-0.25, -0.2) is 9.78 Å². The number of anilines is 1. The summed E-state index contributed by atoms with van der Waals surface area (Å²) in [4.78, 5) is 23.7. The van der Waals surface area contributed by atoms with E-state index in [0.717, 1.165) is 0 Å². The second-order valence-electron chi connectivity index (χ2n) is 7.28. The van der Waals surface area contributed by atoms with Crippen molar-refractivity contribution in [3.8, 4) is 0 Å². The number of nitrogens with two attached hydrogens (primary N) is 1. The molecule has 1 saturated heterocycles. The quantitative estimate of drug-likeness (QED) is 0.270. The average Bonchev–Trinajstić information content (AvgIpc) is 3.41. The third-order valence-corrected chi connectivity index (χ3v) is 5.31. The molecule has 4 heterocycles. The van der Waals surface area contributed by atoms with Crippen LogP contribution in [0.25, 0.3) is 11.2 Å². The maximum absolute atomic E-state index is 11.7. The standard InChI is InChI=1S/C15H18ClN9O6/c1-14(29)7(26)5(3-30-15(2,12(27)28)10-21-23-24-22-10)31-11(14)25-4-18-6-8(17)19-13(16)20-9(6)25/h4-5,7,11,26,29H,3H2,1-2H3,(H,27,28)(H2,17,19,20)(H,21,22,23,24)/t5-,7-,11-,14-,15?/m1/s1. The maximum atomic E-state index is 11.7. The molecule has 166 valence electrons. The molecule has 1 aliphatic heterocycles. The van der Waals surface area contributed by atoms with Crippen molar-refractivity contribution in [3.63, 3.8) is 0 Å². The molecule has 0 amide bonds. The van der Waals surface area contributed by atoms with Gasteiger partial charge in [0.1, 0.15) is 23.3 Å². The van der Waals surface area contributed by atoms with Gasteiger partial charge in [0.25, 0.3) is 0 Å². The molecule has 0 spiro atoms. The van der Waals surface area contributed by atoms with Gasteiger partial charge in [-0.3, -0.25) is 4.57 Å². The number of H-pyrrole nitrogens is 1. The van der Waals surface area contributed by atoms with Gasteiger partial charge in [-0.2, -0.15) is 15.2 Å².